The van der Waals surface area contributed by atoms with Gasteiger partial charge in [0, 0.05) is 17.3 Å². The van der Waals surface area contributed by atoms with Crippen molar-refractivity contribution in [1.82, 2.24) is 4.98 Å². The van der Waals surface area contributed by atoms with Gasteiger partial charge in [-0.1, -0.05) is 30.3 Å². The molecule has 1 heterocycles. The molecule has 0 bridgehead atoms. The van der Waals surface area contributed by atoms with Gasteiger partial charge in [0.1, 0.15) is 5.82 Å². The Bertz CT molecular complexity index is 538. The molecule has 0 aliphatic rings. The first-order valence-electron chi connectivity index (χ1n) is 5.18. The first kappa shape index (κ1) is 11.1. The van der Waals surface area contributed by atoms with Gasteiger partial charge >= 0.3 is 5.97 Å². The largest absolute Gasteiger partial charge is 0.481 e. The highest BCUT2D eigenvalue weighted by atomic mass is 16.4. The number of rotatable bonds is 3. The van der Waals surface area contributed by atoms with E-state index in [1.165, 1.54) is 0 Å². The predicted octanol–water partition coefficient (Wildman–Crippen LogP) is 1.96. The Morgan fingerprint density at radius 1 is 1.24 bits per heavy atom. The van der Waals surface area contributed by atoms with Crippen molar-refractivity contribution >= 4 is 11.8 Å². The fourth-order valence-electron chi connectivity index (χ4n) is 1.61. The number of aliphatic carboxylic acids is 1. The van der Waals surface area contributed by atoms with Crippen molar-refractivity contribution in [3.05, 3.63) is 48.2 Å². The Kier molecular flexibility index (Phi) is 3.05. The molecule has 0 saturated carbocycles. The number of hydrogen-bond acceptors (Lipinski definition) is 3. The van der Waals surface area contributed by atoms with Crippen molar-refractivity contribution in [3.8, 4) is 11.1 Å². The van der Waals surface area contributed by atoms with Gasteiger partial charge in [-0.05, 0) is 11.6 Å². The van der Waals surface area contributed by atoms with Crippen molar-refractivity contribution in [2.75, 3.05) is 5.73 Å². The van der Waals surface area contributed by atoms with Crippen molar-refractivity contribution in [1.29, 1.82) is 0 Å². The molecule has 0 spiro atoms. The molecule has 0 unspecified atom stereocenters. The van der Waals surface area contributed by atoms with Crippen LogP contribution in [0.25, 0.3) is 11.1 Å². The molecule has 2 rings (SSSR count). The van der Waals surface area contributed by atoms with E-state index >= 15 is 0 Å². The van der Waals surface area contributed by atoms with Gasteiger partial charge < -0.3 is 10.8 Å². The Balaban J connectivity index is 2.41. The number of aromatic nitrogens is 1. The number of carboxylic acids is 1. The van der Waals surface area contributed by atoms with Crippen LogP contribution >= 0.6 is 0 Å². The lowest BCUT2D eigenvalue weighted by molar-refractivity contribution is -0.136. The molecule has 4 heteroatoms. The number of nitrogen functional groups attached to an aromatic ring is 1. The number of nitrogens with two attached hydrogens (primary N) is 1. The van der Waals surface area contributed by atoms with E-state index in [0.717, 1.165) is 11.1 Å². The summed E-state index contributed by atoms with van der Waals surface area (Å²) in [7, 11) is 0. The molecule has 4 nitrogen and oxygen atoms in total. The standard InChI is InChI=1S/C13H12N2O2/c14-13-10(7-12(16)17)6-11(8-15-13)9-4-2-1-3-5-9/h1-6,8H,7H2,(H2,14,15)(H,16,17). The molecular formula is C13H12N2O2. The van der Waals surface area contributed by atoms with Crippen LogP contribution in [-0.2, 0) is 11.2 Å². The highest BCUT2D eigenvalue weighted by molar-refractivity contribution is 5.74. The van der Waals surface area contributed by atoms with Crippen LogP contribution in [0.5, 0.6) is 0 Å². The molecule has 1 aromatic carbocycles. The van der Waals surface area contributed by atoms with Crippen molar-refractivity contribution in [3.63, 3.8) is 0 Å². The SMILES string of the molecule is Nc1ncc(-c2ccccc2)cc1CC(=O)O. The van der Waals surface area contributed by atoms with Gasteiger partial charge in [0.2, 0.25) is 0 Å². The molecule has 3 N–H and O–H groups in total. The quantitative estimate of drug-likeness (QED) is 0.841. The molecule has 0 atom stereocenters. The molecule has 86 valence electrons. The van der Waals surface area contributed by atoms with Crippen LogP contribution in [0, 0.1) is 0 Å². The number of nitrogens with zero attached hydrogens (tertiary/aromatic N) is 1. The summed E-state index contributed by atoms with van der Waals surface area (Å²) in [5.41, 5.74) is 8.05. The summed E-state index contributed by atoms with van der Waals surface area (Å²) in [6.45, 7) is 0. The Hall–Kier alpha value is -2.36. The van der Waals surface area contributed by atoms with E-state index in [9.17, 15) is 4.79 Å². The maximum absolute atomic E-state index is 10.7. The minimum atomic E-state index is -0.913. The van der Waals surface area contributed by atoms with Crippen LogP contribution in [0.4, 0.5) is 5.82 Å². The summed E-state index contributed by atoms with van der Waals surface area (Å²) in [4.78, 5) is 14.7. The zero-order chi connectivity index (χ0) is 12.3. The monoisotopic (exact) mass is 228 g/mol. The first-order valence-corrected chi connectivity index (χ1v) is 5.18. The number of anilines is 1. The average molecular weight is 228 g/mol. The second-order valence-electron chi connectivity index (χ2n) is 3.70. The summed E-state index contributed by atoms with van der Waals surface area (Å²) in [6, 6.07) is 11.4. The van der Waals surface area contributed by atoms with Gasteiger partial charge in [0.15, 0.2) is 0 Å². The van der Waals surface area contributed by atoms with Crippen molar-refractivity contribution in [2.24, 2.45) is 0 Å². The molecule has 2 aromatic rings. The van der Waals surface area contributed by atoms with Gasteiger partial charge in [-0.15, -0.1) is 0 Å². The van der Waals surface area contributed by atoms with Gasteiger partial charge in [0.25, 0.3) is 0 Å². The Morgan fingerprint density at radius 3 is 2.59 bits per heavy atom. The zero-order valence-corrected chi connectivity index (χ0v) is 9.13. The van der Waals surface area contributed by atoms with E-state index in [0.29, 0.717) is 5.56 Å². The minimum absolute atomic E-state index is 0.112. The third-order valence-corrected chi connectivity index (χ3v) is 2.45. The van der Waals surface area contributed by atoms with Crippen LogP contribution in [-0.4, -0.2) is 16.1 Å². The molecule has 0 aliphatic heterocycles. The third-order valence-electron chi connectivity index (χ3n) is 2.45. The van der Waals surface area contributed by atoms with E-state index in [1.54, 1.807) is 12.3 Å². The van der Waals surface area contributed by atoms with Gasteiger partial charge in [-0.3, -0.25) is 4.79 Å². The molecule has 0 fully saturated rings. The number of carboxylic acid groups (broad SMARTS) is 1. The van der Waals surface area contributed by atoms with Crippen molar-refractivity contribution < 1.29 is 9.90 Å². The lowest BCUT2D eigenvalue weighted by Crippen LogP contribution is -2.05. The van der Waals surface area contributed by atoms with Crippen LogP contribution in [0.1, 0.15) is 5.56 Å². The van der Waals surface area contributed by atoms with Crippen LogP contribution in [0.15, 0.2) is 42.6 Å². The highest BCUT2D eigenvalue weighted by Gasteiger charge is 2.07. The minimum Gasteiger partial charge on any atom is -0.481 e. The number of benzene rings is 1. The molecular weight excluding hydrogens is 216 g/mol. The maximum atomic E-state index is 10.7. The number of hydrogen-bond donors (Lipinski definition) is 2. The lowest BCUT2D eigenvalue weighted by Gasteiger charge is -2.06. The summed E-state index contributed by atoms with van der Waals surface area (Å²) in [5.74, 6) is -0.643. The molecule has 17 heavy (non-hydrogen) atoms. The van der Waals surface area contributed by atoms with Crippen LogP contribution < -0.4 is 5.73 Å². The lowest BCUT2D eigenvalue weighted by atomic mass is 10.0. The first-order chi connectivity index (χ1) is 8.16. The number of pyridine rings is 1. The summed E-state index contributed by atoms with van der Waals surface area (Å²) in [6.07, 6.45) is 1.54. The second kappa shape index (κ2) is 4.65. The number of carbonyl (C=O) groups is 1. The van der Waals surface area contributed by atoms with Crippen LogP contribution in [0.3, 0.4) is 0 Å². The highest BCUT2D eigenvalue weighted by Crippen LogP contribution is 2.21. The van der Waals surface area contributed by atoms with Crippen LogP contribution in [0.2, 0.25) is 0 Å². The molecule has 0 aliphatic carbocycles. The molecule has 1 aromatic heterocycles. The predicted molar refractivity (Wildman–Crippen MR) is 65.4 cm³/mol. The molecule has 0 radical (unpaired) electrons. The van der Waals surface area contributed by atoms with E-state index in [4.69, 9.17) is 10.8 Å². The maximum Gasteiger partial charge on any atom is 0.307 e. The van der Waals surface area contributed by atoms with E-state index < -0.39 is 5.97 Å². The Labute approximate surface area is 98.7 Å². The van der Waals surface area contributed by atoms with Gasteiger partial charge in [0.05, 0.1) is 6.42 Å². The molecule has 0 amide bonds. The third kappa shape index (κ3) is 2.60. The zero-order valence-electron chi connectivity index (χ0n) is 9.13. The van der Waals surface area contributed by atoms with E-state index in [-0.39, 0.29) is 12.2 Å². The fourth-order valence-corrected chi connectivity index (χ4v) is 1.61. The molecule has 0 saturated heterocycles. The fraction of sp³-hybridized carbons (Fsp3) is 0.0769. The van der Waals surface area contributed by atoms with E-state index in [1.807, 2.05) is 30.3 Å². The van der Waals surface area contributed by atoms with E-state index in [2.05, 4.69) is 4.98 Å². The summed E-state index contributed by atoms with van der Waals surface area (Å²) >= 11 is 0. The average Bonchev–Trinajstić information content (AvgIpc) is 2.32. The normalized spacial score (nSPS) is 10.1. The smallest absolute Gasteiger partial charge is 0.307 e. The summed E-state index contributed by atoms with van der Waals surface area (Å²) in [5, 5.41) is 8.77. The second-order valence-corrected chi connectivity index (χ2v) is 3.70. The summed E-state index contributed by atoms with van der Waals surface area (Å²) < 4.78 is 0. The topological polar surface area (TPSA) is 76.2 Å². The Morgan fingerprint density at radius 2 is 1.94 bits per heavy atom. The van der Waals surface area contributed by atoms with Gasteiger partial charge in [-0.2, -0.15) is 0 Å². The van der Waals surface area contributed by atoms with Crippen molar-refractivity contribution in [2.45, 2.75) is 6.42 Å². The van der Waals surface area contributed by atoms with Gasteiger partial charge in [-0.25, -0.2) is 4.98 Å².